The summed E-state index contributed by atoms with van der Waals surface area (Å²) < 4.78 is 0.823. The minimum absolute atomic E-state index is 0.0398. The van der Waals surface area contributed by atoms with E-state index in [1.54, 1.807) is 11.8 Å². The summed E-state index contributed by atoms with van der Waals surface area (Å²) in [4.78, 5) is 13.2. The highest BCUT2D eigenvalue weighted by Crippen LogP contribution is 2.18. The monoisotopic (exact) mass is 349 g/mol. The molecule has 0 spiro atoms. The number of halogens is 1. The fraction of sp³-hybridized carbons (Fsp3) is 0.188. The molecule has 2 aromatic rings. The van der Waals surface area contributed by atoms with E-state index in [1.807, 2.05) is 24.3 Å². The molecule has 0 atom stereocenters. The molecule has 1 amide bonds. The van der Waals surface area contributed by atoms with Gasteiger partial charge in [-0.2, -0.15) is 0 Å². The van der Waals surface area contributed by atoms with Gasteiger partial charge in [-0.3, -0.25) is 4.79 Å². The number of carbonyl (C=O) groups is 1. The lowest BCUT2D eigenvalue weighted by Gasteiger charge is -2.07. The summed E-state index contributed by atoms with van der Waals surface area (Å²) in [5, 5.41) is 2.93. The molecule has 0 fully saturated rings. The van der Waals surface area contributed by atoms with Gasteiger partial charge in [0.25, 0.3) is 5.91 Å². The van der Waals surface area contributed by atoms with E-state index in [-0.39, 0.29) is 5.91 Å². The number of rotatable bonds is 5. The number of nitrogens with one attached hydrogen (secondary N) is 1. The molecule has 20 heavy (non-hydrogen) atoms. The SMILES string of the molecule is Cc1ccc(SCCNC(=O)c2ccccc2Br)cc1. The lowest BCUT2D eigenvalue weighted by atomic mass is 10.2. The maximum atomic E-state index is 12.0. The zero-order valence-electron chi connectivity index (χ0n) is 11.2. The van der Waals surface area contributed by atoms with Crippen LogP contribution < -0.4 is 5.32 Å². The molecule has 104 valence electrons. The number of carbonyl (C=O) groups excluding carboxylic acids is 1. The third-order valence-electron chi connectivity index (χ3n) is 2.80. The van der Waals surface area contributed by atoms with Crippen LogP contribution in [0.25, 0.3) is 0 Å². The molecule has 4 heteroatoms. The molecule has 0 unspecified atom stereocenters. The van der Waals surface area contributed by atoms with E-state index in [4.69, 9.17) is 0 Å². The van der Waals surface area contributed by atoms with Crippen LogP contribution in [0.4, 0.5) is 0 Å². The molecule has 2 nitrogen and oxygen atoms in total. The van der Waals surface area contributed by atoms with Crippen molar-refractivity contribution in [1.29, 1.82) is 0 Å². The van der Waals surface area contributed by atoms with Crippen LogP contribution in [0.2, 0.25) is 0 Å². The Morgan fingerprint density at radius 3 is 2.55 bits per heavy atom. The second-order valence-corrected chi connectivity index (χ2v) is 6.42. The number of amides is 1. The van der Waals surface area contributed by atoms with Gasteiger partial charge in [-0.25, -0.2) is 0 Å². The largest absolute Gasteiger partial charge is 0.351 e. The summed E-state index contributed by atoms with van der Waals surface area (Å²) in [6, 6.07) is 15.9. The second-order valence-electron chi connectivity index (χ2n) is 4.40. The zero-order valence-corrected chi connectivity index (χ0v) is 13.6. The minimum Gasteiger partial charge on any atom is -0.351 e. The first kappa shape index (κ1) is 15.1. The maximum absolute atomic E-state index is 12.0. The van der Waals surface area contributed by atoms with E-state index < -0.39 is 0 Å². The van der Waals surface area contributed by atoms with Gasteiger partial charge in [0.15, 0.2) is 0 Å². The van der Waals surface area contributed by atoms with E-state index in [0.717, 1.165) is 10.2 Å². The number of thioether (sulfide) groups is 1. The molecule has 0 heterocycles. The highest BCUT2D eigenvalue weighted by Gasteiger charge is 2.07. The van der Waals surface area contributed by atoms with Crippen molar-refractivity contribution in [3.63, 3.8) is 0 Å². The normalized spacial score (nSPS) is 10.3. The molecule has 2 rings (SSSR count). The number of hydrogen-bond donors (Lipinski definition) is 1. The van der Waals surface area contributed by atoms with Gasteiger partial charge in [0.2, 0.25) is 0 Å². The van der Waals surface area contributed by atoms with Gasteiger partial charge < -0.3 is 5.32 Å². The molecular weight excluding hydrogens is 334 g/mol. The average Bonchev–Trinajstić information content (AvgIpc) is 2.46. The molecule has 0 saturated heterocycles. The van der Waals surface area contributed by atoms with Crippen molar-refractivity contribution in [1.82, 2.24) is 5.32 Å². The average molecular weight is 350 g/mol. The first-order valence-electron chi connectivity index (χ1n) is 6.39. The highest BCUT2D eigenvalue weighted by atomic mass is 79.9. The number of aryl methyl sites for hydroxylation is 1. The Balaban J connectivity index is 1.77. The summed E-state index contributed by atoms with van der Waals surface area (Å²) in [7, 11) is 0. The Hall–Kier alpha value is -1.26. The highest BCUT2D eigenvalue weighted by molar-refractivity contribution is 9.10. The molecule has 0 bridgehead atoms. The lowest BCUT2D eigenvalue weighted by molar-refractivity contribution is 0.0955. The van der Waals surface area contributed by atoms with Gasteiger partial charge in [0.1, 0.15) is 0 Å². The topological polar surface area (TPSA) is 29.1 Å². The fourth-order valence-corrected chi connectivity index (χ4v) is 2.94. The van der Waals surface area contributed by atoms with E-state index in [9.17, 15) is 4.79 Å². The molecule has 0 aliphatic carbocycles. The smallest absolute Gasteiger partial charge is 0.252 e. The van der Waals surface area contributed by atoms with Crippen LogP contribution in [0, 0.1) is 6.92 Å². The molecule has 2 aromatic carbocycles. The molecular formula is C16H16BrNOS. The first-order chi connectivity index (χ1) is 9.66. The van der Waals surface area contributed by atoms with Crippen LogP contribution in [0.3, 0.4) is 0 Å². The maximum Gasteiger partial charge on any atom is 0.252 e. The summed E-state index contributed by atoms with van der Waals surface area (Å²) in [6.45, 7) is 2.73. The molecule has 0 aromatic heterocycles. The zero-order chi connectivity index (χ0) is 14.4. The van der Waals surface area contributed by atoms with E-state index in [0.29, 0.717) is 12.1 Å². The van der Waals surface area contributed by atoms with Gasteiger partial charge in [0.05, 0.1) is 5.56 Å². The predicted octanol–water partition coefficient (Wildman–Crippen LogP) is 4.28. The van der Waals surface area contributed by atoms with Gasteiger partial charge in [0, 0.05) is 21.7 Å². The van der Waals surface area contributed by atoms with Crippen LogP contribution in [0.15, 0.2) is 57.9 Å². The third kappa shape index (κ3) is 4.39. The Kier molecular flexibility index (Phi) is 5.68. The predicted molar refractivity (Wildman–Crippen MR) is 88.4 cm³/mol. The van der Waals surface area contributed by atoms with Gasteiger partial charge in [-0.1, -0.05) is 29.8 Å². The van der Waals surface area contributed by atoms with E-state index in [1.165, 1.54) is 10.5 Å². The third-order valence-corrected chi connectivity index (χ3v) is 4.50. The summed E-state index contributed by atoms with van der Waals surface area (Å²) in [6.07, 6.45) is 0. The molecule has 0 aliphatic rings. The van der Waals surface area contributed by atoms with Crippen LogP contribution in [0.1, 0.15) is 15.9 Å². The van der Waals surface area contributed by atoms with Gasteiger partial charge in [-0.05, 0) is 47.1 Å². The van der Waals surface area contributed by atoms with E-state index in [2.05, 4.69) is 52.4 Å². The fourth-order valence-electron chi connectivity index (χ4n) is 1.71. The van der Waals surface area contributed by atoms with Crippen molar-refractivity contribution in [2.24, 2.45) is 0 Å². The Labute approximate surface area is 132 Å². The van der Waals surface area contributed by atoms with Crippen molar-refractivity contribution < 1.29 is 4.79 Å². The van der Waals surface area contributed by atoms with Crippen molar-refractivity contribution >= 4 is 33.6 Å². The molecule has 1 N–H and O–H groups in total. The quantitative estimate of drug-likeness (QED) is 0.644. The Bertz CT molecular complexity index is 583. The van der Waals surface area contributed by atoms with Crippen LogP contribution in [-0.2, 0) is 0 Å². The summed E-state index contributed by atoms with van der Waals surface area (Å²) >= 11 is 5.13. The van der Waals surface area contributed by atoms with Crippen LogP contribution in [-0.4, -0.2) is 18.2 Å². The van der Waals surface area contributed by atoms with Gasteiger partial charge in [-0.15, -0.1) is 11.8 Å². The Morgan fingerprint density at radius 1 is 1.15 bits per heavy atom. The summed E-state index contributed by atoms with van der Waals surface area (Å²) in [5.41, 5.74) is 1.93. The van der Waals surface area contributed by atoms with Crippen molar-refractivity contribution in [2.45, 2.75) is 11.8 Å². The van der Waals surface area contributed by atoms with E-state index >= 15 is 0 Å². The van der Waals surface area contributed by atoms with Gasteiger partial charge >= 0.3 is 0 Å². The molecule has 0 aliphatic heterocycles. The van der Waals surface area contributed by atoms with Crippen molar-refractivity contribution in [3.8, 4) is 0 Å². The second kappa shape index (κ2) is 7.50. The molecule has 0 saturated carbocycles. The first-order valence-corrected chi connectivity index (χ1v) is 8.17. The lowest BCUT2D eigenvalue weighted by Crippen LogP contribution is -2.25. The van der Waals surface area contributed by atoms with Crippen molar-refractivity contribution in [2.75, 3.05) is 12.3 Å². The number of hydrogen-bond acceptors (Lipinski definition) is 2. The standard InChI is InChI=1S/C16H16BrNOS/c1-12-6-8-13(9-7-12)20-11-10-18-16(19)14-4-2-3-5-15(14)17/h2-9H,10-11H2,1H3,(H,18,19). The Morgan fingerprint density at radius 2 is 1.85 bits per heavy atom. The number of benzene rings is 2. The van der Waals surface area contributed by atoms with Crippen LogP contribution in [0.5, 0.6) is 0 Å². The van der Waals surface area contributed by atoms with Crippen LogP contribution >= 0.6 is 27.7 Å². The minimum atomic E-state index is -0.0398. The molecule has 0 radical (unpaired) electrons. The van der Waals surface area contributed by atoms with Crippen molar-refractivity contribution in [3.05, 3.63) is 64.1 Å². The summed E-state index contributed by atoms with van der Waals surface area (Å²) in [5.74, 6) is 0.821.